The van der Waals surface area contributed by atoms with Crippen LogP contribution < -0.4 is 0 Å². The first-order valence-corrected chi connectivity index (χ1v) is 7.82. The van der Waals surface area contributed by atoms with Gasteiger partial charge in [-0.3, -0.25) is 4.18 Å². The number of aliphatic hydroxyl groups is 1. The molecule has 0 aromatic carbocycles. The summed E-state index contributed by atoms with van der Waals surface area (Å²) in [7, 11) is -3.49. The van der Waals surface area contributed by atoms with Crippen molar-refractivity contribution >= 4 is 10.1 Å². The van der Waals surface area contributed by atoms with Gasteiger partial charge in [0.2, 0.25) is 0 Å². The fraction of sp³-hybridized carbons (Fsp3) is 1.00. The average Bonchev–Trinajstić information content (AvgIpc) is 2.19. The van der Waals surface area contributed by atoms with Gasteiger partial charge in [0.15, 0.2) is 0 Å². The summed E-state index contributed by atoms with van der Waals surface area (Å²) in [6.07, 6.45) is 1.03. The third-order valence-electron chi connectivity index (χ3n) is 4.94. The molecule has 100 valence electrons. The molecule has 5 heteroatoms. The van der Waals surface area contributed by atoms with Crippen molar-refractivity contribution in [3.05, 3.63) is 0 Å². The molecule has 3 aliphatic rings. The quantitative estimate of drug-likeness (QED) is 0.784. The van der Waals surface area contributed by atoms with Crippen molar-refractivity contribution < 1.29 is 17.7 Å². The minimum Gasteiger partial charge on any atom is -0.387 e. The minimum atomic E-state index is -3.49. The Morgan fingerprint density at radius 2 is 1.88 bits per heavy atom. The van der Waals surface area contributed by atoms with Crippen molar-refractivity contribution in [1.82, 2.24) is 0 Å². The van der Waals surface area contributed by atoms with Crippen LogP contribution >= 0.6 is 0 Å². The van der Waals surface area contributed by atoms with Crippen LogP contribution in [0, 0.1) is 17.3 Å². The zero-order valence-corrected chi connectivity index (χ0v) is 11.8. The summed E-state index contributed by atoms with van der Waals surface area (Å²) in [6.45, 7) is 7.55. The van der Waals surface area contributed by atoms with E-state index in [1.807, 2.05) is 0 Å². The lowest BCUT2D eigenvalue weighted by Gasteiger charge is -2.64. The van der Waals surface area contributed by atoms with Gasteiger partial charge in [0, 0.05) is 0 Å². The van der Waals surface area contributed by atoms with Crippen molar-refractivity contribution in [1.29, 1.82) is 0 Å². The summed E-state index contributed by atoms with van der Waals surface area (Å²) < 4.78 is 28.2. The Balaban J connectivity index is 2.18. The maximum absolute atomic E-state index is 11.5. The van der Waals surface area contributed by atoms with Crippen molar-refractivity contribution in [3.8, 4) is 0 Å². The SMILES string of the molecule is CCS(=O)(=O)O[C@@H]1CC2CC(C2(C)C)[C@]1(C)O. The van der Waals surface area contributed by atoms with E-state index < -0.39 is 21.8 Å². The highest BCUT2D eigenvalue weighted by atomic mass is 32.2. The molecular formula is C12H22O4S. The van der Waals surface area contributed by atoms with Crippen LogP contribution in [-0.2, 0) is 14.3 Å². The van der Waals surface area contributed by atoms with Gasteiger partial charge in [-0.15, -0.1) is 0 Å². The second-order valence-corrected chi connectivity index (χ2v) is 8.08. The van der Waals surface area contributed by atoms with Gasteiger partial charge >= 0.3 is 0 Å². The molecule has 2 unspecified atom stereocenters. The van der Waals surface area contributed by atoms with Gasteiger partial charge in [0.25, 0.3) is 10.1 Å². The zero-order chi connectivity index (χ0) is 13.1. The van der Waals surface area contributed by atoms with Crippen LogP contribution in [-0.4, -0.2) is 31.0 Å². The smallest absolute Gasteiger partial charge is 0.267 e. The van der Waals surface area contributed by atoms with Crippen LogP contribution in [0.15, 0.2) is 0 Å². The minimum absolute atomic E-state index is 0.0433. The predicted molar refractivity (Wildman–Crippen MR) is 65.0 cm³/mol. The maximum Gasteiger partial charge on any atom is 0.267 e. The third-order valence-corrected chi connectivity index (χ3v) is 6.18. The van der Waals surface area contributed by atoms with E-state index >= 15 is 0 Å². The Labute approximate surface area is 103 Å². The van der Waals surface area contributed by atoms with Crippen molar-refractivity contribution in [2.75, 3.05) is 5.75 Å². The Morgan fingerprint density at radius 3 is 2.29 bits per heavy atom. The summed E-state index contributed by atoms with van der Waals surface area (Å²) in [5.41, 5.74) is -0.945. The molecule has 4 atom stereocenters. The standard InChI is InChI=1S/C12H22O4S/c1-5-17(14,15)16-10-7-8-6-9(11(8,2)3)12(10,4)13/h8-10,13H,5-7H2,1-4H3/t8?,9?,10-,12+/m1/s1. The maximum atomic E-state index is 11.5. The summed E-state index contributed by atoms with van der Waals surface area (Å²) in [5, 5.41) is 10.5. The van der Waals surface area contributed by atoms with Gasteiger partial charge in [0.1, 0.15) is 6.10 Å². The molecule has 0 spiro atoms. The predicted octanol–water partition coefficient (Wildman–Crippen LogP) is 1.54. The lowest BCUT2D eigenvalue weighted by molar-refractivity contribution is -0.237. The topological polar surface area (TPSA) is 63.6 Å². The van der Waals surface area contributed by atoms with Gasteiger partial charge in [-0.05, 0) is 43.9 Å². The molecule has 3 aliphatic carbocycles. The zero-order valence-electron chi connectivity index (χ0n) is 10.9. The van der Waals surface area contributed by atoms with E-state index in [1.165, 1.54) is 0 Å². The van der Waals surface area contributed by atoms with Gasteiger partial charge in [0.05, 0.1) is 11.4 Å². The van der Waals surface area contributed by atoms with Crippen LogP contribution in [0.25, 0.3) is 0 Å². The number of hydrogen-bond donors (Lipinski definition) is 1. The highest BCUT2D eigenvalue weighted by molar-refractivity contribution is 7.86. The van der Waals surface area contributed by atoms with E-state index in [2.05, 4.69) is 13.8 Å². The first kappa shape index (κ1) is 13.3. The van der Waals surface area contributed by atoms with E-state index in [4.69, 9.17) is 4.18 Å². The monoisotopic (exact) mass is 262 g/mol. The fourth-order valence-electron chi connectivity index (χ4n) is 3.51. The molecule has 0 amide bonds. The molecular weight excluding hydrogens is 240 g/mol. The van der Waals surface area contributed by atoms with Crippen LogP contribution in [0.1, 0.15) is 40.5 Å². The molecule has 0 aromatic rings. The summed E-state index contributed by atoms with van der Waals surface area (Å²) >= 11 is 0. The number of hydrogen-bond acceptors (Lipinski definition) is 4. The van der Waals surface area contributed by atoms with Crippen molar-refractivity contribution in [3.63, 3.8) is 0 Å². The summed E-state index contributed by atoms with van der Waals surface area (Å²) in [4.78, 5) is 0. The Hall–Kier alpha value is -0.130. The molecule has 0 aliphatic heterocycles. The Morgan fingerprint density at radius 1 is 1.29 bits per heavy atom. The number of rotatable bonds is 3. The lowest BCUT2D eigenvalue weighted by atomic mass is 9.43. The highest BCUT2D eigenvalue weighted by Gasteiger charge is 2.63. The summed E-state index contributed by atoms with van der Waals surface area (Å²) in [5.74, 6) is 0.550. The van der Waals surface area contributed by atoms with Gasteiger partial charge in [-0.2, -0.15) is 8.42 Å². The van der Waals surface area contributed by atoms with Crippen LogP contribution in [0.4, 0.5) is 0 Å². The fourth-order valence-corrected chi connectivity index (χ4v) is 4.27. The molecule has 3 saturated carbocycles. The molecule has 4 nitrogen and oxygen atoms in total. The first-order valence-electron chi connectivity index (χ1n) is 6.24. The van der Waals surface area contributed by atoms with E-state index in [0.29, 0.717) is 12.3 Å². The molecule has 0 radical (unpaired) electrons. The Bertz CT molecular complexity index is 410. The first-order chi connectivity index (χ1) is 7.61. The Kier molecular flexibility index (Phi) is 2.88. The molecule has 17 heavy (non-hydrogen) atoms. The van der Waals surface area contributed by atoms with E-state index in [-0.39, 0.29) is 17.1 Å². The second-order valence-electron chi connectivity index (χ2n) is 6.20. The van der Waals surface area contributed by atoms with Crippen LogP contribution in [0.3, 0.4) is 0 Å². The van der Waals surface area contributed by atoms with Gasteiger partial charge in [-0.25, -0.2) is 0 Å². The van der Waals surface area contributed by atoms with Crippen LogP contribution in [0.2, 0.25) is 0 Å². The molecule has 3 rings (SSSR count). The average molecular weight is 262 g/mol. The normalized spacial score (nSPS) is 44.2. The van der Waals surface area contributed by atoms with Crippen molar-refractivity contribution in [2.45, 2.75) is 52.2 Å². The third kappa shape index (κ3) is 1.92. The van der Waals surface area contributed by atoms with E-state index in [9.17, 15) is 13.5 Å². The van der Waals surface area contributed by atoms with Crippen molar-refractivity contribution in [2.24, 2.45) is 17.3 Å². The highest BCUT2D eigenvalue weighted by Crippen LogP contribution is 2.63. The van der Waals surface area contributed by atoms with E-state index in [1.54, 1.807) is 13.8 Å². The van der Waals surface area contributed by atoms with E-state index in [0.717, 1.165) is 6.42 Å². The van der Waals surface area contributed by atoms with Crippen LogP contribution in [0.5, 0.6) is 0 Å². The largest absolute Gasteiger partial charge is 0.387 e. The molecule has 0 heterocycles. The molecule has 2 bridgehead atoms. The lowest BCUT2D eigenvalue weighted by Crippen LogP contribution is -2.67. The number of fused-ring (bicyclic) bond motifs is 2. The summed E-state index contributed by atoms with van der Waals surface area (Å²) in [6, 6.07) is 0. The molecule has 0 aromatic heterocycles. The molecule has 1 N–H and O–H groups in total. The van der Waals surface area contributed by atoms with Gasteiger partial charge in [-0.1, -0.05) is 13.8 Å². The molecule has 3 fully saturated rings. The second kappa shape index (κ2) is 3.68. The van der Waals surface area contributed by atoms with Gasteiger partial charge < -0.3 is 5.11 Å². The molecule has 0 saturated heterocycles.